The predicted molar refractivity (Wildman–Crippen MR) is 105 cm³/mol. The molecule has 0 aliphatic rings. The maximum absolute atomic E-state index is 5.33. The Morgan fingerprint density at radius 1 is 1.12 bits per heavy atom. The number of methoxy groups -OCH3 is 1. The average molecular weight is 334 g/mol. The molecule has 0 radical (unpaired) electrons. The highest BCUT2D eigenvalue weighted by Crippen LogP contribution is 2.32. The van der Waals surface area contributed by atoms with Gasteiger partial charge in [-0.2, -0.15) is 5.10 Å². The van der Waals surface area contributed by atoms with Gasteiger partial charge in [-0.05, 0) is 81.1 Å². The van der Waals surface area contributed by atoms with Crippen LogP contribution in [0.4, 0.5) is 0 Å². The van der Waals surface area contributed by atoms with Crippen molar-refractivity contribution in [1.29, 1.82) is 0 Å². The van der Waals surface area contributed by atoms with Crippen LogP contribution in [0.1, 0.15) is 42.7 Å². The van der Waals surface area contributed by atoms with Crippen LogP contribution in [0.15, 0.2) is 36.4 Å². The minimum atomic E-state index is 0.875. The number of aromatic nitrogens is 2. The van der Waals surface area contributed by atoms with E-state index >= 15 is 0 Å². The van der Waals surface area contributed by atoms with Crippen LogP contribution >= 0.6 is 0 Å². The number of benzene rings is 1. The molecule has 130 valence electrons. The van der Waals surface area contributed by atoms with Crippen LogP contribution in [-0.4, -0.2) is 16.7 Å². The van der Waals surface area contributed by atoms with E-state index in [4.69, 9.17) is 9.84 Å². The zero-order valence-corrected chi connectivity index (χ0v) is 16.0. The second-order valence-electron chi connectivity index (χ2n) is 6.52. The normalized spacial score (nSPS) is 12.0. The van der Waals surface area contributed by atoms with Crippen molar-refractivity contribution in [3.63, 3.8) is 0 Å². The molecule has 2 heterocycles. The van der Waals surface area contributed by atoms with E-state index in [1.807, 2.05) is 6.07 Å². The number of aryl methyl sites for hydroxylation is 3. The summed E-state index contributed by atoms with van der Waals surface area (Å²) in [7, 11) is 1.70. The fourth-order valence-corrected chi connectivity index (χ4v) is 3.47. The Morgan fingerprint density at radius 2 is 1.88 bits per heavy atom. The SMILES string of the molecule is C/C=C(/CC)c1cc(C)n2nc(-c3ccc(OC)cc3C)c(C)cc12. The molecule has 0 aliphatic carbocycles. The molecule has 0 unspecified atom stereocenters. The van der Waals surface area contributed by atoms with Crippen LogP contribution in [0.2, 0.25) is 0 Å². The zero-order chi connectivity index (χ0) is 18.1. The van der Waals surface area contributed by atoms with Crippen molar-refractivity contribution in [2.75, 3.05) is 7.11 Å². The largest absolute Gasteiger partial charge is 0.497 e. The first kappa shape index (κ1) is 17.3. The Hall–Kier alpha value is -2.55. The maximum Gasteiger partial charge on any atom is 0.119 e. The Morgan fingerprint density at radius 3 is 2.48 bits per heavy atom. The molecule has 0 fully saturated rings. The van der Waals surface area contributed by atoms with Crippen molar-refractivity contribution in [3.8, 4) is 17.0 Å². The first-order chi connectivity index (χ1) is 12.0. The molecule has 0 amide bonds. The molecule has 0 saturated carbocycles. The van der Waals surface area contributed by atoms with Crippen molar-refractivity contribution in [3.05, 3.63) is 58.8 Å². The molecule has 0 spiro atoms. The number of rotatable bonds is 4. The second-order valence-corrected chi connectivity index (χ2v) is 6.52. The van der Waals surface area contributed by atoms with E-state index in [0.29, 0.717) is 0 Å². The molecule has 2 aromatic heterocycles. The van der Waals surface area contributed by atoms with E-state index in [0.717, 1.165) is 29.1 Å². The molecule has 0 aliphatic heterocycles. The number of allylic oxidation sites excluding steroid dienone is 2. The van der Waals surface area contributed by atoms with E-state index in [1.54, 1.807) is 7.11 Å². The Labute approximate surface area is 150 Å². The summed E-state index contributed by atoms with van der Waals surface area (Å²) in [4.78, 5) is 0. The van der Waals surface area contributed by atoms with Gasteiger partial charge in [-0.1, -0.05) is 13.0 Å². The van der Waals surface area contributed by atoms with Crippen LogP contribution < -0.4 is 4.74 Å². The molecule has 3 rings (SSSR count). The van der Waals surface area contributed by atoms with Gasteiger partial charge < -0.3 is 4.74 Å². The highest BCUT2D eigenvalue weighted by molar-refractivity contribution is 5.81. The summed E-state index contributed by atoms with van der Waals surface area (Å²) < 4.78 is 7.40. The van der Waals surface area contributed by atoms with Gasteiger partial charge >= 0.3 is 0 Å². The summed E-state index contributed by atoms with van der Waals surface area (Å²) in [6, 6.07) is 10.7. The van der Waals surface area contributed by atoms with E-state index in [1.165, 1.54) is 27.8 Å². The molecule has 0 bridgehead atoms. The van der Waals surface area contributed by atoms with Crippen molar-refractivity contribution in [1.82, 2.24) is 9.61 Å². The summed E-state index contributed by atoms with van der Waals surface area (Å²) in [5, 5.41) is 4.98. The molecule has 3 heteroatoms. The lowest BCUT2D eigenvalue weighted by atomic mass is 10.0. The lowest BCUT2D eigenvalue weighted by Crippen LogP contribution is -2.00. The highest BCUT2D eigenvalue weighted by Gasteiger charge is 2.15. The van der Waals surface area contributed by atoms with Crippen LogP contribution in [0, 0.1) is 20.8 Å². The van der Waals surface area contributed by atoms with Crippen LogP contribution in [-0.2, 0) is 0 Å². The standard InChI is InChI=1S/C22H26N2O/c1-7-17(8-2)20-13-16(5)24-21(20)12-15(4)22(23-24)19-10-9-18(25-6)11-14(19)3/h7,9-13H,8H2,1-6H3/b17-7-. The van der Waals surface area contributed by atoms with Crippen molar-refractivity contribution >= 4 is 11.1 Å². The predicted octanol–water partition coefficient (Wildman–Crippen LogP) is 5.75. The molecule has 3 aromatic rings. The Bertz CT molecular complexity index is 964. The van der Waals surface area contributed by atoms with Gasteiger partial charge in [-0.3, -0.25) is 0 Å². The molecule has 0 atom stereocenters. The highest BCUT2D eigenvalue weighted by atomic mass is 16.5. The quantitative estimate of drug-likeness (QED) is 0.607. The number of ether oxygens (including phenoxy) is 1. The van der Waals surface area contributed by atoms with Crippen LogP contribution in [0.25, 0.3) is 22.3 Å². The third-order valence-corrected chi connectivity index (χ3v) is 4.88. The molecule has 0 saturated heterocycles. The number of hydrogen-bond acceptors (Lipinski definition) is 2. The third kappa shape index (κ3) is 2.95. The minimum absolute atomic E-state index is 0.875. The molecule has 1 aromatic carbocycles. The molecule has 0 N–H and O–H groups in total. The average Bonchev–Trinajstić information content (AvgIpc) is 2.91. The summed E-state index contributed by atoms with van der Waals surface area (Å²) in [5.41, 5.74) is 9.52. The van der Waals surface area contributed by atoms with Crippen molar-refractivity contribution < 1.29 is 4.74 Å². The molecular formula is C22H26N2O. The summed E-state index contributed by atoms with van der Waals surface area (Å²) >= 11 is 0. The first-order valence-electron chi connectivity index (χ1n) is 8.80. The Kier molecular flexibility index (Phi) is 4.67. The van der Waals surface area contributed by atoms with Crippen LogP contribution in [0.3, 0.4) is 0 Å². The van der Waals surface area contributed by atoms with Gasteiger partial charge in [-0.15, -0.1) is 0 Å². The maximum atomic E-state index is 5.33. The minimum Gasteiger partial charge on any atom is -0.497 e. The first-order valence-corrected chi connectivity index (χ1v) is 8.80. The van der Waals surface area contributed by atoms with E-state index < -0.39 is 0 Å². The number of hydrogen-bond donors (Lipinski definition) is 0. The fraction of sp³-hybridized carbons (Fsp3) is 0.318. The topological polar surface area (TPSA) is 26.5 Å². The zero-order valence-electron chi connectivity index (χ0n) is 16.0. The van der Waals surface area contributed by atoms with E-state index in [-0.39, 0.29) is 0 Å². The van der Waals surface area contributed by atoms with Gasteiger partial charge in [0.05, 0.1) is 18.3 Å². The van der Waals surface area contributed by atoms with Gasteiger partial charge in [-0.25, -0.2) is 4.52 Å². The van der Waals surface area contributed by atoms with Crippen molar-refractivity contribution in [2.45, 2.75) is 41.0 Å². The molecule has 25 heavy (non-hydrogen) atoms. The molecular weight excluding hydrogens is 308 g/mol. The van der Waals surface area contributed by atoms with Crippen LogP contribution in [0.5, 0.6) is 5.75 Å². The van der Waals surface area contributed by atoms with E-state index in [2.05, 4.69) is 69.5 Å². The summed E-state index contributed by atoms with van der Waals surface area (Å²) in [5.74, 6) is 0.875. The van der Waals surface area contributed by atoms with Gasteiger partial charge in [0.25, 0.3) is 0 Å². The summed E-state index contributed by atoms with van der Waals surface area (Å²) in [6.07, 6.45) is 3.22. The number of fused-ring (bicyclic) bond motifs is 1. The lowest BCUT2D eigenvalue weighted by molar-refractivity contribution is 0.414. The third-order valence-electron chi connectivity index (χ3n) is 4.88. The second kappa shape index (κ2) is 6.75. The lowest BCUT2D eigenvalue weighted by Gasteiger charge is -2.12. The Balaban J connectivity index is 2.23. The van der Waals surface area contributed by atoms with Gasteiger partial charge in [0.15, 0.2) is 0 Å². The van der Waals surface area contributed by atoms with E-state index in [9.17, 15) is 0 Å². The van der Waals surface area contributed by atoms with Gasteiger partial charge in [0.1, 0.15) is 5.75 Å². The fourth-order valence-electron chi connectivity index (χ4n) is 3.47. The van der Waals surface area contributed by atoms with Gasteiger partial charge in [0, 0.05) is 16.8 Å². The smallest absolute Gasteiger partial charge is 0.119 e. The molecule has 3 nitrogen and oxygen atoms in total. The monoisotopic (exact) mass is 334 g/mol. The van der Waals surface area contributed by atoms with Crippen molar-refractivity contribution in [2.24, 2.45) is 0 Å². The van der Waals surface area contributed by atoms with Gasteiger partial charge in [0.2, 0.25) is 0 Å². The number of nitrogens with zero attached hydrogens (tertiary/aromatic N) is 2. The summed E-state index contributed by atoms with van der Waals surface area (Å²) in [6.45, 7) is 10.7.